The van der Waals surface area contributed by atoms with Crippen molar-refractivity contribution in [3.8, 4) is 5.75 Å². The number of hydrogen-bond acceptors (Lipinski definition) is 5. The van der Waals surface area contributed by atoms with Gasteiger partial charge in [0.25, 0.3) is 5.91 Å². The van der Waals surface area contributed by atoms with E-state index in [0.29, 0.717) is 12.3 Å². The van der Waals surface area contributed by atoms with Crippen molar-refractivity contribution in [2.45, 2.75) is 6.54 Å². The number of hydrogen-bond donors (Lipinski definition) is 2. The summed E-state index contributed by atoms with van der Waals surface area (Å²) in [5, 5.41) is 5.86. The molecule has 3 aromatic rings. The minimum Gasteiger partial charge on any atom is -0.484 e. The van der Waals surface area contributed by atoms with E-state index in [1.165, 1.54) is 6.07 Å². The van der Waals surface area contributed by atoms with E-state index < -0.39 is 0 Å². The van der Waals surface area contributed by atoms with E-state index in [1.54, 1.807) is 18.2 Å². The lowest BCUT2D eigenvalue weighted by molar-refractivity contribution is -0.121. The van der Waals surface area contributed by atoms with Crippen molar-refractivity contribution in [3.05, 3.63) is 90.2 Å². The van der Waals surface area contributed by atoms with Crippen molar-refractivity contribution in [2.75, 3.05) is 43.0 Å². The Hall–Kier alpha value is -3.49. The molecule has 2 N–H and O–H groups in total. The number of ether oxygens (including phenoxy) is 1. The molecule has 1 aliphatic heterocycles. The number of piperazine rings is 1. The molecule has 0 aromatic heterocycles. The quantitative estimate of drug-likeness (QED) is 0.500. The van der Waals surface area contributed by atoms with Gasteiger partial charge < -0.3 is 15.0 Å². The lowest BCUT2D eigenvalue weighted by atomic mass is 10.1. The number of carbonyl (C=O) groups is 1. The van der Waals surface area contributed by atoms with E-state index >= 15 is 0 Å². The Kier molecular flexibility index (Phi) is 8.06. The molecule has 1 amide bonds. The van der Waals surface area contributed by atoms with Crippen LogP contribution in [0.25, 0.3) is 0 Å². The van der Waals surface area contributed by atoms with Gasteiger partial charge in [0.1, 0.15) is 11.6 Å². The average molecular weight is 479 g/mol. The molecular formula is C26H27FN4O2S. The summed E-state index contributed by atoms with van der Waals surface area (Å²) in [7, 11) is 0. The van der Waals surface area contributed by atoms with Crippen LogP contribution in [-0.2, 0) is 11.3 Å². The molecule has 176 valence electrons. The number of nitrogens with zero attached hydrogens (tertiary/aromatic N) is 2. The van der Waals surface area contributed by atoms with Gasteiger partial charge >= 0.3 is 0 Å². The van der Waals surface area contributed by atoms with E-state index in [1.807, 2.05) is 54.6 Å². The number of para-hydroxylation sites is 1. The second-order valence-corrected chi connectivity index (χ2v) is 8.41. The van der Waals surface area contributed by atoms with Crippen LogP contribution in [0.15, 0.2) is 78.9 Å². The highest BCUT2D eigenvalue weighted by atomic mass is 32.1. The highest BCUT2D eigenvalue weighted by Crippen LogP contribution is 2.20. The zero-order valence-corrected chi connectivity index (χ0v) is 19.6. The minimum absolute atomic E-state index is 0.117. The summed E-state index contributed by atoms with van der Waals surface area (Å²) in [6.07, 6.45) is 0. The monoisotopic (exact) mass is 478 g/mol. The van der Waals surface area contributed by atoms with Gasteiger partial charge in [-0.25, -0.2) is 4.39 Å². The number of rotatable bonds is 7. The molecule has 6 nitrogen and oxygen atoms in total. The fourth-order valence-corrected chi connectivity index (χ4v) is 4.01. The lowest BCUT2D eigenvalue weighted by Gasteiger charge is -2.36. The van der Waals surface area contributed by atoms with Gasteiger partial charge in [-0.15, -0.1) is 0 Å². The first-order valence-corrected chi connectivity index (χ1v) is 11.6. The topological polar surface area (TPSA) is 56.8 Å². The zero-order chi connectivity index (χ0) is 23.8. The van der Waals surface area contributed by atoms with E-state index in [-0.39, 0.29) is 23.4 Å². The van der Waals surface area contributed by atoms with Crippen LogP contribution in [0.4, 0.5) is 15.8 Å². The summed E-state index contributed by atoms with van der Waals surface area (Å²) < 4.78 is 19.3. The molecule has 1 aliphatic rings. The summed E-state index contributed by atoms with van der Waals surface area (Å²) >= 11 is 5.24. The minimum atomic E-state index is -0.328. The number of nitrogens with one attached hydrogen (secondary N) is 2. The van der Waals surface area contributed by atoms with Gasteiger partial charge in [-0.1, -0.05) is 36.4 Å². The molecule has 0 saturated carbocycles. The zero-order valence-electron chi connectivity index (χ0n) is 18.7. The number of benzene rings is 3. The van der Waals surface area contributed by atoms with Crippen LogP contribution < -0.4 is 20.3 Å². The molecule has 0 radical (unpaired) electrons. The van der Waals surface area contributed by atoms with Crippen LogP contribution in [-0.4, -0.2) is 48.7 Å². The molecule has 34 heavy (non-hydrogen) atoms. The Morgan fingerprint density at radius 2 is 1.59 bits per heavy atom. The molecule has 0 atom stereocenters. The van der Waals surface area contributed by atoms with Crippen LogP contribution in [0.5, 0.6) is 5.75 Å². The molecule has 1 saturated heterocycles. The van der Waals surface area contributed by atoms with Crippen LogP contribution >= 0.6 is 12.2 Å². The number of amides is 1. The maximum absolute atomic E-state index is 13.9. The second-order valence-electron chi connectivity index (χ2n) is 8.01. The smallest absolute Gasteiger partial charge is 0.264 e. The van der Waals surface area contributed by atoms with Crippen molar-refractivity contribution < 1.29 is 13.9 Å². The number of anilines is 2. The fourth-order valence-electron chi connectivity index (χ4n) is 3.78. The third-order valence-corrected chi connectivity index (χ3v) is 5.78. The molecule has 3 aromatic carbocycles. The summed E-state index contributed by atoms with van der Waals surface area (Å²) in [6, 6.07) is 24.0. The van der Waals surface area contributed by atoms with Crippen molar-refractivity contribution in [1.29, 1.82) is 0 Å². The van der Waals surface area contributed by atoms with Crippen LogP contribution in [0.1, 0.15) is 5.56 Å². The average Bonchev–Trinajstić information content (AvgIpc) is 2.86. The predicted molar refractivity (Wildman–Crippen MR) is 137 cm³/mol. The second kappa shape index (κ2) is 11.6. The SMILES string of the molecule is O=C(COc1ccccc1)NC(=S)Nc1ccc(N2CCN(Cc3ccccc3F)CC2)cc1. The summed E-state index contributed by atoms with van der Waals surface area (Å²) in [4.78, 5) is 16.6. The largest absolute Gasteiger partial charge is 0.484 e. The predicted octanol–water partition coefficient (Wildman–Crippen LogP) is 4.04. The molecular weight excluding hydrogens is 451 g/mol. The summed E-state index contributed by atoms with van der Waals surface area (Å²) in [6.45, 7) is 4.00. The Balaban J connectivity index is 1.20. The molecule has 1 heterocycles. The molecule has 0 bridgehead atoms. The molecule has 4 rings (SSSR count). The molecule has 0 unspecified atom stereocenters. The fraction of sp³-hybridized carbons (Fsp3) is 0.231. The van der Waals surface area contributed by atoms with Crippen LogP contribution in [0, 0.1) is 5.82 Å². The maximum atomic E-state index is 13.9. The third kappa shape index (κ3) is 6.76. The Bertz CT molecular complexity index is 1100. The van der Waals surface area contributed by atoms with Gasteiger partial charge in [0, 0.05) is 49.7 Å². The van der Waals surface area contributed by atoms with Gasteiger partial charge in [-0.3, -0.25) is 15.0 Å². The van der Waals surface area contributed by atoms with Gasteiger partial charge in [-0.05, 0) is 54.7 Å². The van der Waals surface area contributed by atoms with E-state index in [9.17, 15) is 9.18 Å². The third-order valence-electron chi connectivity index (χ3n) is 5.58. The highest BCUT2D eigenvalue weighted by Gasteiger charge is 2.18. The molecule has 1 fully saturated rings. The van der Waals surface area contributed by atoms with Crippen molar-refractivity contribution in [2.24, 2.45) is 0 Å². The van der Waals surface area contributed by atoms with Crippen molar-refractivity contribution in [3.63, 3.8) is 0 Å². The van der Waals surface area contributed by atoms with E-state index in [2.05, 4.69) is 20.4 Å². The van der Waals surface area contributed by atoms with Gasteiger partial charge in [0.2, 0.25) is 0 Å². The van der Waals surface area contributed by atoms with E-state index in [4.69, 9.17) is 17.0 Å². The molecule has 8 heteroatoms. The number of halogens is 1. The number of thiocarbonyl (C=S) groups is 1. The van der Waals surface area contributed by atoms with Crippen LogP contribution in [0.2, 0.25) is 0 Å². The van der Waals surface area contributed by atoms with Gasteiger partial charge in [0.05, 0.1) is 0 Å². The van der Waals surface area contributed by atoms with Crippen molar-refractivity contribution >= 4 is 34.6 Å². The first kappa shape index (κ1) is 23.7. The van der Waals surface area contributed by atoms with Crippen LogP contribution in [0.3, 0.4) is 0 Å². The maximum Gasteiger partial charge on any atom is 0.264 e. The highest BCUT2D eigenvalue weighted by molar-refractivity contribution is 7.80. The number of carbonyl (C=O) groups excluding carboxylic acids is 1. The Morgan fingerprint density at radius 3 is 2.29 bits per heavy atom. The summed E-state index contributed by atoms with van der Waals surface area (Å²) in [5.74, 6) is 0.150. The molecule has 0 aliphatic carbocycles. The Morgan fingerprint density at radius 1 is 0.912 bits per heavy atom. The standard InChI is InChI=1S/C26H27FN4O2S/c27-24-9-5-4-6-20(24)18-30-14-16-31(17-15-30)22-12-10-21(11-13-22)28-26(34)29-25(32)19-33-23-7-2-1-3-8-23/h1-13H,14-19H2,(H2,28,29,32,34). The lowest BCUT2D eigenvalue weighted by Crippen LogP contribution is -2.46. The van der Waals surface area contributed by atoms with Gasteiger partial charge in [0.15, 0.2) is 11.7 Å². The van der Waals surface area contributed by atoms with Crippen molar-refractivity contribution in [1.82, 2.24) is 10.2 Å². The molecule has 0 spiro atoms. The summed E-state index contributed by atoms with van der Waals surface area (Å²) in [5.41, 5.74) is 2.64. The Labute approximate surface area is 204 Å². The first-order valence-electron chi connectivity index (χ1n) is 11.2. The normalized spacial score (nSPS) is 13.9. The first-order chi connectivity index (χ1) is 16.6. The van der Waals surface area contributed by atoms with E-state index in [0.717, 1.165) is 43.1 Å². The van der Waals surface area contributed by atoms with Gasteiger partial charge in [-0.2, -0.15) is 0 Å².